The van der Waals surface area contributed by atoms with Gasteiger partial charge in [0.15, 0.2) is 11.6 Å². The van der Waals surface area contributed by atoms with Gasteiger partial charge >= 0.3 is 0 Å². The summed E-state index contributed by atoms with van der Waals surface area (Å²) in [4.78, 5) is 6.37. The summed E-state index contributed by atoms with van der Waals surface area (Å²) in [5.41, 5.74) is 0.263. The van der Waals surface area contributed by atoms with Gasteiger partial charge in [-0.3, -0.25) is 9.88 Å². The molecule has 6 rings (SSSR count). The normalized spacial score (nSPS) is 25.8. The fourth-order valence-corrected chi connectivity index (χ4v) is 7.24. The van der Waals surface area contributed by atoms with E-state index in [9.17, 15) is 28.1 Å². The first-order chi connectivity index (χ1) is 19.1. The second-order valence-corrected chi connectivity index (χ2v) is 12.6. The number of fused-ring (bicyclic) bond motifs is 2. The number of aryl methyl sites for hydroxylation is 1. The van der Waals surface area contributed by atoms with Gasteiger partial charge < -0.3 is 20.1 Å². The summed E-state index contributed by atoms with van der Waals surface area (Å²) >= 11 is 0. The number of likely N-dealkylation sites (tertiary alicyclic amines) is 1. The van der Waals surface area contributed by atoms with Crippen molar-refractivity contribution in [2.75, 3.05) is 19.6 Å². The predicted octanol–water partition coefficient (Wildman–Crippen LogP) is 2.63. The molecular weight excluding hydrogens is 537 g/mol. The maximum absolute atomic E-state index is 14.0. The van der Waals surface area contributed by atoms with E-state index in [4.69, 9.17) is 4.74 Å². The van der Waals surface area contributed by atoms with Crippen molar-refractivity contribution >= 4 is 20.9 Å². The van der Waals surface area contributed by atoms with Crippen molar-refractivity contribution in [3.05, 3.63) is 90.1 Å². The largest absolute Gasteiger partial charge is 0.485 e. The van der Waals surface area contributed by atoms with Gasteiger partial charge in [0.05, 0.1) is 22.3 Å². The van der Waals surface area contributed by atoms with Crippen LogP contribution in [0.15, 0.2) is 78.0 Å². The zero-order valence-corrected chi connectivity index (χ0v) is 22.6. The smallest absolute Gasteiger partial charge is 0.268 e. The summed E-state index contributed by atoms with van der Waals surface area (Å²) < 4.78 is 47.2. The number of nitrogens with zero attached hydrogens (tertiary/aromatic N) is 3. The van der Waals surface area contributed by atoms with Crippen LogP contribution in [0, 0.1) is 18.7 Å². The van der Waals surface area contributed by atoms with E-state index in [2.05, 4.69) is 4.98 Å². The molecule has 2 fully saturated rings. The fourth-order valence-electron chi connectivity index (χ4n) is 5.90. The first-order valence-electron chi connectivity index (χ1n) is 13.1. The van der Waals surface area contributed by atoms with Crippen molar-refractivity contribution in [2.24, 2.45) is 5.92 Å². The molecule has 3 heterocycles. The van der Waals surface area contributed by atoms with E-state index in [-0.39, 0.29) is 29.7 Å². The van der Waals surface area contributed by atoms with Gasteiger partial charge in [-0.2, -0.15) is 0 Å². The number of pyridine rings is 1. The Balaban J connectivity index is 1.14. The highest BCUT2D eigenvalue weighted by molar-refractivity contribution is 7.90. The number of hydrogen-bond donors (Lipinski definition) is 3. The van der Waals surface area contributed by atoms with Crippen LogP contribution >= 0.6 is 0 Å². The van der Waals surface area contributed by atoms with Crippen molar-refractivity contribution in [3.8, 4) is 5.75 Å². The Morgan fingerprint density at radius 1 is 1.18 bits per heavy atom. The summed E-state index contributed by atoms with van der Waals surface area (Å²) in [5, 5.41) is 33.7. The minimum atomic E-state index is -3.82. The van der Waals surface area contributed by atoms with Gasteiger partial charge in [0.2, 0.25) is 0 Å². The topological polar surface area (TPSA) is 125 Å². The number of aliphatic hydroxyl groups is 3. The quantitative estimate of drug-likeness (QED) is 0.311. The number of halogens is 1. The van der Waals surface area contributed by atoms with Crippen LogP contribution in [0.4, 0.5) is 4.39 Å². The highest BCUT2D eigenvalue weighted by Gasteiger charge is 2.59. The predicted molar refractivity (Wildman–Crippen MR) is 145 cm³/mol. The maximum atomic E-state index is 14.0. The number of para-hydroxylation sites is 1. The first kappa shape index (κ1) is 26.9. The van der Waals surface area contributed by atoms with Crippen LogP contribution in [-0.4, -0.2) is 75.0 Å². The third-order valence-electron chi connectivity index (χ3n) is 8.07. The lowest BCUT2D eigenvalue weighted by atomic mass is 9.93. The molecule has 0 bridgehead atoms. The maximum Gasteiger partial charge on any atom is 0.268 e. The van der Waals surface area contributed by atoms with E-state index in [1.807, 2.05) is 11.8 Å². The summed E-state index contributed by atoms with van der Waals surface area (Å²) in [6.45, 7) is 2.57. The molecule has 0 spiro atoms. The van der Waals surface area contributed by atoms with Gasteiger partial charge in [-0.15, -0.1) is 0 Å². The summed E-state index contributed by atoms with van der Waals surface area (Å²) in [5.74, 6) is -0.816. The average Bonchev–Trinajstić information content (AvgIpc) is 3.56. The van der Waals surface area contributed by atoms with Crippen LogP contribution in [0.5, 0.6) is 5.75 Å². The van der Waals surface area contributed by atoms with E-state index in [0.29, 0.717) is 29.6 Å². The number of rotatable bonds is 7. The Kier molecular flexibility index (Phi) is 6.67. The Bertz CT molecular complexity index is 1660. The highest BCUT2D eigenvalue weighted by Crippen LogP contribution is 2.44. The van der Waals surface area contributed by atoms with Gasteiger partial charge in [0.25, 0.3) is 10.0 Å². The van der Waals surface area contributed by atoms with Gasteiger partial charge in [0, 0.05) is 37.1 Å². The van der Waals surface area contributed by atoms with Crippen LogP contribution in [0.1, 0.15) is 23.8 Å². The standard InChI is InChI=1S/C29H30FN3O6S/c1-18-6-8-21(9-7-18)40(37,38)33-11-10-19-12-23(31-14-24(19)33)25(34)16-32-15-20-13-27(28(35)29(20,36)17-32)39-26-5-3-2-4-22(26)30/h2-12,14,20,25,27-28,34-36H,13,15-17H2,1H3/t20-,25-,27+,28+,29-/m1/s1. The molecule has 0 unspecified atom stereocenters. The number of benzene rings is 2. The number of aliphatic hydroxyl groups excluding tert-OH is 2. The van der Waals surface area contributed by atoms with Crippen LogP contribution in [0.25, 0.3) is 10.9 Å². The minimum Gasteiger partial charge on any atom is -0.485 e. The summed E-state index contributed by atoms with van der Waals surface area (Å²) in [7, 11) is -3.82. The average molecular weight is 568 g/mol. The van der Waals surface area contributed by atoms with E-state index >= 15 is 0 Å². The zero-order valence-electron chi connectivity index (χ0n) is 21.8. The number of hydrogen-bond acceptors (Lipinski definition) is 8. The van der Waals surface area contributed by atoms with E-state index in [1.54, 1.807) is 48.5 Å². The third-order valence-corrected chi connectivity index (χ3v) is 9.78. The summed E-state index contributed by atoms with van der Waals surface area (Å²) in [6, 6.07) is 15.9. The molecule has 4 aromatic rings. The third kappa shape index (κ3) is 4.57. The van der Waals surface area contributed by atoms with Gasteiger partial charge in [0.1, 0.15) is 23.9 Å². The molecule has 9 nitrogen and oxygen atoms in total. The zero-order chi connectivity index (χ0) is 28.2. The molecule has 2 aromatic heterocycles. The minimum absolute atomic E-state index is 0.0318. The monoisotopic (exact) mass is 567 g/mol. The Hall–Kier alpha value is -3.35. The van der Waals surface area contributed by atoms with E-state index in [0.717, 1.165) is 5.56 Å². The van der Waals surface area contributed by atoms with Crippen LogP contribution in [-0.2, 0) is 10.0 Å². The summed E-state index contributed by atoms with van der Waals surface area (Å²) in [6.07, 6.45) is 0.265. The SMILES string of the molecule is Cc1ccc(S(=O)(=O)n2ccc3cc([C@H](O)CN4C[C@H]5C[C@H](Oc6ccccc6F)[C@H](O)[C@@]5(O)C4)ncc32)cc1. The molecule has 1 aliphatic carbocycles. The van der Waals surface area contributed by atoms with Crippen molar-refractivity contribution in [3.63, 3.8) is 0 Å². The van der Waals surface area contributed by atoms with Crippen LogP contribution < -0.4 is 4.74 Å². The van der Waals surface area contributed by atoms with Gasteiger partial charge in [-0.05, 0) is 49.7 Å². The molecular formula is C29H30FN3O6S. The van der Waals surface area contributed by atoms with E-state index in [1.165, 1.54) is 28.5 Å². The lowest BCUT2D eigenvalue weighted by Crippen LogP contribution is -2.49. The van der Waals surface area contributed by atoms with Gasteiger partial charge in [-0.25, -0.2) is 16.8 Å². The van der Waals surface area contributed by atoms with Crippen LogP contribution in [0.2, 0.25) is 0 Å². The molecule has 2 aromatic carbocycles. The highest BCUT2D eigenvalue weighted by atomic mass is 32.2. The molecule has 11 heteroatoms. The molecule has 210 valence electrons. The molecule has 1 saturated heterocycles. The van der Waals surface area contributed by atoms with Crippen molar-refractivity contribution in [1.82, 2.24) is 13.9 Å². The van der Waals surface area contributed by atoms with Crippen LogP contribution in [0.3, 0.4) is 0 Å². The van der Waals surface area contributed by atoms with Crippen molar-refractivity contribution < 1.29 is 32.9 Å². The van der Waals surface area contributed by atoms with E-state index < -0.39 is 39.8 Å². The molecule has 0 amide bonds. The number of ether oxygens (including phenoxy) is 1. The second kappa shape index (κ2) is 9.93. The molecule has 40 heavy (non-hydrogen) atoms. The molecule has 5 atom stereocenters. The molecule has 3 N–H and O–H groups in total. The number of β-amino-alcohol motifs (C(OH)–C–C–N with tert-alkyl or cyclic N) is 2. The van der Waals surface area contributed by atoms with Crippen molar-refractivity contribution in [2.45, 2.75) is 42.2 Å². The second-order valence-electron chi connectivity index (χ2n) is 10.8. The Morgan fingerprint density at radius 3 is 2.65 bits per heavy atom. The first-order valence-corrected chi connectivity index (χ1v) is 14.5. The van der Waals surface area contributed by atoms with Crippen molar-refractivity contribution in [1.29, 1.82) is 0 Å². The Morgan fingerprint density at radius 2 is 1.93 bits per heavy atom. The molecule has 2 aliphatic rings. The fraction of sp³-hybridized carbons (Fsp3) is 0.345. The lowest BCUT2D eigenvalue weighted by Gasteiger charge is -2.29. The lowest BCUT2D eigenvalue weighted by molar-refractivity contribution is -0.0879. The van der Waals surface area contributed by atoms with Gasteiger partial charge in [-0.1, -0.05) is 29.8 Å². The molecule has 0 radical (unpaired) electrons. The molecule has 1 saturated carbocycles. The molecule has 1 aliphatic heterocycles. The number of aromatic nitrogens is 2. The Labute approximate surface area is 231 Å².